The first kappa shape index (κ1) is 9.72. The van der Waals surface area contributed by atoms with Gasteiger partial charge in [-0.25, -0.2) is 9.89 Å². The van der Waals surface area contributed by atoms with Crippen LogP contribution in [0.15, 0.2) is 0 Å². The van der Waals surface area contributed by atoms with E-state index in [2.05, 4.69) is 19.6 Å². The van der Waals surface area contributed by atoms with Crippen molar-refractivity contribution in [3.63, 3.8) is 0 Å². The molecule has 0 unspecified atom stereocenters. The van der Waals surface area contributed by atoms with Crippen LogP contribution in [0.2, 0.25) is 0 Å². The summed E-state index contributed by atoms with van der Waals surface area (Å²) < 4.78 is 10.9. The third kappa shape index (κ3) is 2.55. The molecule has 7 heteroatoms. The molecule has 72 valence electrons. The van der Waals surface area contributed by atoms with E-state index in [1.54, 1.807) is 14.0 Å². The van der Waals surface area contributed by atoms with Crippen molar-refractivity contribution in [3.05, 3.63) is 4.77 Å². The minimum Gasteiger partial charge on any atom is -0.434 e. The van der Waals surface area contributed by atoms with Gasteiger partial charge >= 0.3 is 12.2 Å². The van der Waals surface area contributed by atoms with Crippen LogP contribution in [-0.2, 0) is 11.8 Å². The van der Waals surface area contributed by atoms with E-state index in [0.29, 0.717) is 4.77 Å². The second kappa shape index (κ2) is 4.04. The van der Waals surface area contributed by atoms with Gasteiger partial charge in [0.05, 0.1) is 6.61 Å². The Balaban J connectivity index is 2.64. The monoisotopic (exact) mass is 203 g/mol. The van der Waals surface area contributed by atoms with Crippen molar-refractivity contribution >= 4 is 18.4 Å². The first-order chi connectivity index (χ1) is 6.13. The van der Waals surface area contributed by atoms with E-state index in [-0.39, 0.29) is 12.6 Å². The summed E-state index contributed by atoms with van der Waals surface area (Å²) in [6.07, 6.45) is -0.799. The fourth-order valence-electron chi connectivity index (χ4n) is 0.650. The number of hydrogen-bond donors (Lipinski definition) is 1. The molecule has 0 amide bonds. The zero-order valence-corrected chi connectivity index (χ0v) is 8.05. The minimum absolute atomic E-state index is 0.0333. The SMILES string of the molecule is CCOC(=O)Oc1nc(=S)n(C)[nH]1. The highest BCUT2D eigenvalue weighted by Crippen LogP contribution is 2.01. The Morgan fingerprint density at radius 2 is 2.46 bits per heavy atom. The van der Waals surface area contributed by atoms with Gasteiger partial charge in [0, 0.05) is 7.05 Å². The van der Waals surface area contributed by atoms with Crippen molar-refractivity contribution < 1.29 is 14.3 Å². The molecule has 0 radical (unpaired) electrons. The maximum Gasteiger partial charge on any atom is 0.516 e. The highest BCUT2D eigenvalue weighted by atomic mass is 32.1. The zero-order valence-electron chi connectivity index (χ0n) is 7.23. The first-order valence-electron chi connectivity index (χ1n) is 3.61. The number of nitrogens with zero attached hydrogens (tertiary/aromatic N) is 2. The summed E-state index contributed by atoms with van der Waals surface area (Å²) in [5.41, 5.74) is 0. The summed E-state index contributed by atoms with van der Waals surface area (Å²) >= 11 is 4.78. The van der Waals surface area contributed by atoms with E-state index in [4.69, 9.17) is 12.2 Å². The molecule has 0 fully saturated rings. The van der Waals surface area contributed by atoms with Crippen molar-refractivity contribution in [2.45, 2.75) is 6.92 Å². The van der Waals surface area contributed by atoms with Crippen LogP contribution in [0.1, 0.15) is 6.92 Å². The highest BCUT2D eigenvalue weighted by molar-refractivity contribution is 7.71. The smallest absolute Gasteiger partial charge is 0.434 e. The van der Waals surface area contributed by atoms with Crippen molar-refractivity contribution in [2.75, 3.05) is 6.61 Å². The van der Waals surface area contributed by atoms with Gasteiger partial charge in [-0.05, 0) is 19.1 Å². The average molecular weight is 203 g/mol. The van der Waals surface area contributed by atoms with Crippen molar-refractivity contribution in [1.29, 1.82) is 0 Å². The van der Waals surface area contributed by atoms with Crippen LogP contribution in [0.5, 0.6) is 6.01 Å². The molecule has 1 N–H and O–H groups in total. The van der Waals surface area contributed by atoms with Crippen LogP contribution in [0, 0.1) is 4.77 Å². The molecule has 1 rings (SSSR count). The maximum absolute atomic E-state index is 10.8. The van der Waals surface area contributed by atoms with Crippen molar-refractivity contribution in [2.24, 2.45) is 7.05 Å². The topological polar surface area (TPSA) is 69.1 Å². The van der Waals surface area contributed by atoms with Gasteiger partial charge in [-0.2, -0.15) is 4.98 Å². The van der Waals surface area contributed by atoms with Gasteiger partial charge in [0.2, 0.25) is 4.77 Å². The van der Waals surface area contributed by atoms with Crippen molar-refractivity contribution in [3.8, 4) is 6.01 Å². The molecule has 1 aromatic rings. The van der Waals surface area contributed by atoms with E-state index in [1.165, 1.54) is 4.68 Å². The second-order valence-electron chi connectivity index (χ2n) is 2.16. The maximum atomic E-state index is 10.8. The Labute approximate surface area is 79.5 Å². The molecule has 0 bridgehead atoms. The van der Waals surface area contributed by atoms with Gasteiger partial charge in [-0.1, -0.05) is 0 Å². The first-order valence-corrected chi connectivity index (χ1v) is 4.02. The van der Waals surface area contributed by atoms with Crippen LogP contribution in [0.4, 0.5) is 4.79 Å². The number of H-pyrrole nitrogens is 1. The summed E-state index contributed by atoms with van der Waals surface area (Å²) in [6, 6.07) is 0.0333. The van der Waals surface area contributed by atoms with Crippen LogP contribution in [-0.4, -0.2) is 27.5 Å². The van der Waals surface area contributed by atoms with E-state index >= 15 is 0 Å². The lowest BCUT2D eigenvalue weighted by atomic mass is 10.9. The van der Waals surface area contributed by atoms with Crippen LogP contribution < -0.4 is 4.74 Å². The summed E-state index contributed by atoms with van der Waals surface area (Å²) in [6.45, 7) is 1.94. The van der Waals surface area contributed by atoms with Gasteiger partial charge < -0.3 is 9.47 Å². The summed E-state index contributed by atoms with van der Waals surface area (Å²) in [7, 11) is 1.66. The molecule has 1 aromatic heterocycles. The van der Waals surface area contributed by atoms with Crippen LogP contribution >= 0.6 is 12.2 Å². The molecule has 13 heavy (non-hydrogen) atoms. The summed E-state index contributed by atoms with van der Waals surface area (Å²) in [5.74, 6) is 0. The highest BCUT2D eigenvalue weighted by Gasteiger charge is 2.07. The Morgan fingerprint density at radius 1 is 1.77 bits per heavy atom. The number of carbonyl (C=O) groups excluding carboxylic acids is 1. The fraction of sp³-hybridized carbons (Fsp3) is 0.500. The number of rotatable bonds is 2. The van der Waals surface area contributed by atoms with E-state index < -0.39 is 6.16 Å². The molecular weight excluding hydrogens is 194 g/mol. The lowest BCUT2D eigenvalue weighted by molar-refractivity contribution is 0.101. The second-order valence-corrected chi connectivity index (χ2v) is 2.52. The normalized spacial score (nSPS) is 9.69. The molecule has 0 atom stereocenters. The Morgan fingerprint density at radius 3 is 2.92 bits per heavy atom. The van der Waals surface area contributed by atoms with Crippen LogP contribution in [0.25, 0.3) is 0 Å². The largest absolute Gasteiger partial charge is 0.516 e. The van der Waals surface area contributed by atoms with E-state index in [1.807, 2.05) is 0 Å². The molecular formula is C6H9N3O3S. The third-order valence-corrected chi connectivity index (χ3v) is 1.55. The number of aromatic nitrogens is 3. The van der Waals surface area contributed by atoms with Crippen molar-refractivity contribution in [1.82, 2.24) is 14.8 Å². The lowest BCUT2D eigenvalue weighted by Crippen LogP contribution is -2.11. The Hall–Kier alpha value is -1.37. The van der Waals surface area contributed by atoms with E-state index in [9.17, 15) is 4.79 Å². The average Bonchev–Trinajstić information content (AvgIpc) is 2.31. The molecule has 0 saturated carbocycles. The molecule has 0 aliphatic heterocycles. The fourth-order valence-corrected chi connectivity index (χ4v) is 0.779. The Kier molecular flexibility index (Phi) is 3.02. The number of ether oxygens (including phenoxy) is 2. The number of carbonyl (C=O) groups is 1. The number of hydrogen-bond acceptors (Lipinski definition) is 5. The number of nitrogens with one attached hydrogen (secondary N) is 1. The summed E-state index contributed by atoms with van der Waals surface area (Å²) in [4.78, 5) is 14.5. The van der Waals surface area contributed by atoms with E-state index in [0.717, 1.165) is 0 Å². The van der Waals surface area contributed by atoms with Gasteiger partial charge in [-0.15, -0.1) is 0 Å². The minimum atomic E-state index is -0.799. The molecule has 6 nitrogen and oxygen atoms in total. The number of aryl methyl sites for hydroxylation is 1. The Bertz CT molecular complexity index is 356. The predicted octanol–water partition coefficient (Wildman–Crippen LogP) is 1.01. The molecule has 0 aliphatic carbocycles. The summed E-state index contributed by atoms with van der Waals surface area (Å²) in [5, 5.41) is 2.61. The zero-order chi connectivity index (χ0) is 9.84. The van der Waals surface area contributed by atoms with Gasteiger partial charge in [0.15, 0.2) is 0 Å². The third-order valence-electron chi connectivity index (χ3n) is 1.19. The number of aromatic amines is 1. The van der Waals surface area contributed by atoms with Gasteiger partial charge in [0.25, 0.3) is 0 Å². The molecule has 1 heterocycles. The van der Waals surface area contributed by atoms with Gasteiger partial charge in [-0.3, -0.25) is 4.68 Å². The lowest BCUT2D eigenvalue weighted by Gasteiger charge is -1.98. The van der Waals surface area contributed by atoms with Crippen LogP contribution in [0.3, 0.4) is 0 Å². The predicted molar refractivity (Wildman–Crippen MR) is 46.0 cm³/mol. The standard InChI is InChI=1S/C6H9N3O3S/c1-3-11-6(10)12-4-7-5(13)9(2)8-4/h3H2,1-2H3,(H,7,8,13). The molecule has 0 saturated heterocycles. The molecule has 0 spiro atoms. The molecule has 0 aliphatic rings. The quantitative estimate of drug-likeness (QED) is 0.574. The molecule has 0 aromatic carbocycles. The van der Waals surface area contributed by atoms with Gasteiger partial charge in [0.1, 0.15) is 0 Å².